The quantitative estimate of drug-likeness (QED) is 0.769. The van der Waals surface area contributed by atoms with Crippen LogP contribution < -0.4 is 5.32 Å². The third-order valence-electron chi connectivity index (χ3n) is 3.99. The standard InChI is InChI=1S/C17H29NO/c1-11(2)7-8-18-10-16(19)17-14(5)12(3)9-13(4)15(17)6/h9,11,16,18-19H,7-8,10H2,1-6H3. The number of aryl methyl sites for hydroxylation is 2. The van der Waals surface area contributed by atoms with Gasteiger partial charge in [0, 0.05) is 6.54 Å². The van der Waals surface area contributed by atoms with Crippen LogP contribution in [0.2, 0.25) is 0 Å². The topological polar surface area (TPSA) is 32.3 Å². The minimum absolute atomic E-state index is 0.411. The molecule has 0 radical (unpaired) electrons. The first-order chi connectivity index (χ1) is 8.84. The van der Waals surface area contributed by atoms with E-state index in [1.807, 2.05) is 0 Å². The van der Waals surface area contributed by atoms with Crippen LogP contribution in [0.25, 0.3) is 0 Å². The molecular weight excluding hydrogens is 234 g/mol. The number of benzene rings is 1. The molecule has 2 nitrogen and oxygen atoms in total. The van der Waals surface area contributed by atoms with E-state index in [0.29, 0.717) is 12.5 Å². The van der Waals surface area contributed by atoms with Crippen LogP contribution in [0.1, 0.15) is 54.2 Å². The molecule has 0 aliphatic rings. The molecule has 0 fully saturated rings. The van der Waals surface area contributed by atoms with Crippen LogP contribution in [0, 0.1) is 33.6 Å². The zero-order chi connectivity index (χ0) is 14.6. The van der Waals surface area contributed by atoms with E-state index >= 15 is 0 Å². The molecule has 0 saturated heterocycles. The van der Waals surface area contributed by atoms with Gasteiger partial charge in [-0.25, -0.2) is 0 Å². The maximum Gasteiger partial charge on any atom is 0.0919 e. The third-order valence-corrected chi connectivity index (χ3v) is 3.99. The van der Waals surface area contributed by atoms with E-state index in [-0.39, 0.29) is 0 Å². The molecule has 0 spiro atoms. The summed E-state index contributed by atoms with van der Waals surface area (Å²) >= 11 is 0. The summed E-state index contributed by atoms with van der Waals surface area (Å²) in [6.07, 6.45) is 0.739. The van der Waals surface area contributed by atoms with Crippen molar-refractivity contribution in [1.29, 1.82) is 0 Å². The minimum Gasteiger partial charge on any atom is -0.387 e. The first-order valence-corrected chi connectivity index (χ1v) is 7.30. The second-order valence-corrected chi connectivity index (χ2v) is 6.08. The average Bonchev–Trinajstić information content (AvgIpc) is 2.32. The van der Waals surface area contributed by atoms with Gasteiger partial charge in [-0.05, 0) is 74.4 Å². The fourth-order valence-corrected chi connectivity index (χ4v) is 2.48. The van der Waals surface area contributed by atoms with Crippen molar-refractivity contribution in [3.63, 3.8) is 0 Å². The largest absolute Gasteiger partial charge is 0.387 e. The van der Waals surface area contributed by atoms with E-state index in [4.69, 9.17) is 0 Å². The van der Waals surface area contributed by atoms with Crippen LogP contribution in [0.15, 0.2) is 6.07 Å². The van der Waals surface area contributed by atoms with Gasteiger partial charge in [-0.1, -0.05) is 19.9 Å². The van der Waals surface area contributed by atoms with Crippen LogP contribution in [0.5, 0.6) is 0 Å². The number of aliphatic hydroxyl groups excluding tert-OH is 1. The van der Waals surface area contributed by atoms with Crippen molar-refractivity contribution >= 4 is 0 Å². The molecule has 2 N–H and O–H groups in total. The van der Waals surface area contributed by atoms with Gasteiger partial charge >= 0.3 is 0 Å². The molecular formula is C17H29NO. The van der Waals surface area contributed by atoms with Gasteiger partial charge in [0.05, 0.1) is 6.10 Å². The average molecular weight is 263 g/mol. The molecule has 0 aliphatic carbocycles. The van der Waals surface area contributed by atoms with Crippen molar-refractivity contribution in [3.05, 3.63) is 33.9 Å². The van der Waals surface area contributed by atoms with Gasteiger partial charge in [0.1, 0.15) is 0 Å². The molecule has 0 aromatic heterocycles. The highest BCUT2D eigenvalue weighted by Crippen LogP contribution is 2.27. The Morgan fingerprint density at radius 2 is 1.58 bits per heavy atom. The van der Waals surface area contributed by atoms with E-state index in [1.165, 1.54) is 22.3 Å². The van der Waals surface area contributed by atoms with Crippen molar-refractivity contribution in [1.82, 2.24) is 5.32 Å². The number of hydrogen-bond acceptors (Lipinski definition) is 2. The van der Waals surface area contributed by atoms with E-state index in [2.05, 4.69) is 52.9 Å². The highest BCUT2D eigenvalue weighted by Gasteiger charge is 2.16. The lowest BCUT2D eigenvalue weighted by Crippen LogP contribution is -2.24. The van der Waals surface area contributed by atoms with Crippen LogP contribution in [-0.2, 0) is 0 Å². The summed E-state index contributed by atoms with van der Waals surface area (Å²) in [5, 5.41) is 13.8. The summed E-state index contributed by atoms with van der Waals surface area (Å²) < 4.78 is 0. The second-order valence-electron chi connectivity index (χ2n) is 6.08. The monoisotopic (exact) mass is 263 g/mol. The van der Waals surface area contributed by atoms with Crippen LogP contribution >= 0.6 is 0 Å². The van der Waals surface area contributed by atoms with E-state index < -0.39 is 6.10 Å². The summed E-state index contributed by atoms with van der Waals surface area (Å²) in [5.74, 6) is 0.703. The Balaban J connectivity index is 2.74. The Kier molecular flexibility index (Phi) is 6.02. The number of rotatable bonds is 6. The summed E-state index contributed by atoms with van der Waals surface area (Å²) in [6, 6.07) is 2.20. The fraction of sp³-hybridized carbons (Fsp3) is 0.647. The second kappa shape index (κ2) is 7.06. The molecule has 0 heterocycles. The number of hydrogen-bond donors (Lipinski definition) is 2. The summed E-state index contributed by atoms with van der Waals surface area (Å²) in [7, 11) is 0. The van der Waals surface area contributed by atoms with E-state index in [0.717, 1.165) is 18.5 Å². The predicted molar refractivity (Wildman–Crippen MR) is 82.7 cm³/mol. The van der Waals surface area contributed by atoms with Gasteiger partial charge in [0.15, 0.2) is 0 Å². The van der Waals surface area contributed by atoms with Crippen molar-refractivity contribution in [2.24, 2.45) is 5.92 Å². The molecule has 2 heteroatoms. The predicted octanol–water partition coefficient (Wildman–Crippen LogP) is 3.59. The molecule has 0 amide bonds. The van der Waals surface area contributed by atoms with E-state index in [1.54, 1.807) is 0 Å². The van der Waals surface area contributed by atoms with Crippen LogP contribution in [0.4, 0.5) is 0 Å². The van der Waals surface area contributed by atoms with Gasteiger partial charge in [0.25, 0.3) is 0 Å². The lowest BCUT2D eigenvalue weighted by atomic mass is 9.91. The summed E-state index contributed by atoms with van der Waals surface area (Å²) in [4.78, 5) is 0. The zero-order valence-electron chi connectivity index (χ0n) is 13.3. The smallest absolute Gasteiger partial charge is 0.0919 e. The van der Waals surface area contributed by atoms with Crippen LogP contribution in [0.3, 0.4) is 0 Å². The van der Waals surface area contributed by atoms with Crippen molar-refractivity contribution < 1.29 is 5.11 Å². The van der Waals surface area contributed by atoms with Gasteiger partial charge in [-0.3, -0.25) is 0 Å². The Bertz CT molecular complexity index is 398. The molecule has 19 heavy (non-hydrogen) atoms. The normalized spacial score (nSPS) is 13.1. The highest BCUT2D eigenvalue weighted by molar-refractivity contribution is 5.45. The molecule has 108 valence electrons. The summed E-state index contributed by atoms with van der Waals surface area (Å²) in [5.41, 5.74) is 6.08. The molecule has 1 rings (SSSR count). The molecule has 1 aromatic rings. The van der Waals surface area contributed by atoms with E-state index in [9.17, 15) is 5.11 Å². The number of nitrogens with one attached hydrogen (secondary N) is 1. The zero-order valence-corrected chi connectivity index (χ0v) is 13.3. The van der Waals surface area contributed by atoms with Gasteiger partial charge in [0.2, 0.25) is 0 Å². The lowest BCUT2D eigenvalue weighted by molar-refractivity contribution is 0.172. The fourth-order valence-electron chi connectivity index (χ4n) is 2.48. The minimum atomic E-state index is -0.411. The molecule has 0 saturated carbocycles. The lowest BCUT2D eigenvalue weighted by Gasteiger charge is -2.21. The number of aliphatic hydroxyl groups is 1. The molecule has 0 bridgehead atoms. The SMILES string of the molecule is Cc1cc(C)c(C)c(C(O)CNCCC(C)C)c1C. The molecule has 1 unspecified atom stereocenters. The first-order valence-electron chi connectivity index (χ1n) is 7.30. The maximum atomic E-state index is 10.4. The highest BCUT2D eigenvalue weighted by atomic mass is 16.3. The van der Waals surface area contributed by atoms with Gasteiger partial charge < -0.3 is 10.4 Å². The molecule has 0 aliphatic heterocycles. The van der Waals surface area contributed by atoms with Crippen molar-refractivity contribution in [2.45, 2.75) is 54.1 Å². The Labute approximate surface area is 118 Å². The third kappa shape index (κ3) is 4.32. The van der Waals surface area contributed by atoms with Crippen molar-refractivity contribution in [3.8, 4) is 0 Å². The van der Waals surface area contributed by atoms with Crippen LogP contribution in [-0.4, -0.2) is 18.2 Å². The Morgan fingerprint density at radius 3 is 2.05 bits per heavy atom. The summed E-state index contributed by atoms with van der Waals surface area (Å²) in [6.45, 7) is 14.5. The molecule has 1 aromatic carbocycles. The first kappa shape index (κ1) is 16.2. The van der Waals surface area contributed by atoms with Gasteiger partial charge in [-0.2, -0.15) is 0 Å². The van der Waals surface area contributed by atoms with Gasteiger partial charge in [-0.15, -0.1) is 0 Å². The Hall–Kier alpha value is -0.860. The maximum absolute atomic E-state index is 10.4. The molecule has 1 atom stereocenters. The van der Waals surface area contributed by atoms with Crippen molar-refractivity contribution in [2.75, 3.05) is 13.1 Å². The Morgan fingerprint density at radius 1 is 1.05 bits per heavy atom.